The standard InChI is InChI=1S/Mn.H2O4S2/c;1-6(2,3)4-5/h;5H,(H,1,2,3)/q+2;/p-2. The van der Waals surface area contributed by atoms with Gasteiger partial charge >= 0.3 is 17.1 Å². The van der Waals surface area contributed by atoms with Crippen molar-refractivity contribution in [2.24, 2.45) is 0 Å². The van der Waals surface area contributed by atoms with E-state index in [1.54, 1.807) is 0 Å². The average Bonchev–Trinajstić information content (AvgIpc) is 1.35. The summed E-state index contributed by atoms with van der Waals surface area (Å²) in [6, 6.07) is 0. The molecule has 0 spiro atoms. The fourth-order valence-corrected chi connectivity index (χ4v) is 0. The summed E-state index contributed by atoms with van der Waals surface area (Å²) in [5.41, 5.74) is 0. The second-order valence-electron chi connectivity index (χ2n) is 0.476. The van der Waals surface area contributed by atoms with Crippen molar-refractivity contribution in [3.05, 3.63) is 0 Å². The molecule has 0 aliphatic rings. The first kappa shape index (κ1) is 10.7. The molecule has 0 bridgehead atoms. The van der Waals surface area contributed by atoms with Crippen molar-refractivity contribution in [3.63, 3.8) is 0 Å². The molecule has 0 N–H and O–H groups in total. The van der Waals surface area contributed by atoms with E-state index in [4.69, 9.17) is 13.0 Å². The fourth-order valence-electron chi connectivity index (χ4n) is 0. The minimum Gasteiger partial charge on any atom is -0.727 e. The summed E-state index contributed by atoms with van der Waals surface area (Å²) >= 11 is 3.39. The summed E-state index contributed by atoms with van der Waals surface area (Å²) in [6.45, 7) is 0. The smallest absolute Gasteiger partial charge is 0.727 e. The Morgan fingerprint density at radius 3 is 1.71 bits per heavy atom. The molecule has 0 fully saturated rings. The third-order valence-electron chi connectivity index (χ3n) is 0.0833. The summed E-state index contributed by atoms with van der Waals surface area (Å²) < 4.78 is 30.3. The van der Waals surface area contributed by atoms with Gasteiger partial charge in [0.15, 0.2) is 10.4 Å². The van der Waals surface area contributed by atoms with Crippen LogP contribution in [0.1, 0.15) is 0 Å². The zero-order valence-corrected chi connectivity index (χ0v) is 5.64. The zero-order valence-electron chi connectivity index (χ0n) is 2.83. The van der Waals surface area contributed by atoms with E-state index in [1.165, 1.54) is 0 Å². The predicted octanol–water partition coefficient (Wildman–Crippen LogP) is -1.08. The SMILES string of the molecule is O=S(=O)([O-])O[S-].[Mn+2]. The molecule has 0 aliphatic heterocycles. The van der Waals surface area contributed by atoms with Crippen molar-refractivity contribution in [1.82, 2.24) is 0 Å². The van der Waals surface area contributed by atoms with E-state index in [-0.39, 0.29) is 17.1 Å². The van der Waals surface area contributed by atoms with Gasteiger partial charge in [-0.25, -0.2) is 8.42 Å². The van der Waals surface area contributed by atoms with Gasteiger partial charge in [0.25, 0.3) is 0 Å². The first-order valence-corrected chi connectivity index (χ1v) is 2.50. The van der Waals surface area contributed by atoms with E-state index in [1.807, 2.05) is 0 Å². The molecular formula is MnO4S2. The maximum absolute atomic E-state index is 9.12. The first-order valence-electron chi connectivity index (χ1n) is 0.833. The van der Waals surface area contributed by atoms with E-state index in [0.717, 1.165) is 0 Å². The topological polar surface area (TPSA) is 66.4 Å². The van der Waals surface area contributed by atoms with Gasteiger partial charge in [0.05, 0.1) is 0 Å². The van der Waals surface area contributed by atoms with Crippen molar-refractivity contribution >= 4 is 23.3 Å². The van der Waals surface area contributed by atoms with Crippen LogP contribution in [-0.2, 0) is 44.0 Å². The molecule has 7 heavy (non-hydrogen) atoms. The maximum atomic E-state index is 9.12. The Morgan fingerprint density at radius 2 is 1.71 bits per heavy atom. The Labute approximate surface area is 57.3 Å². The molecule has 0 aliphatic carbocycles. The summed E-state index contributed by atoms with van der Waals surface area (Å²) in [7, 11) is -4.60. The normalized spacial score (nSPS) is 10.0. The minimum atomic E-state index is -4.60. The third kappa shape index (κ3) is 10.8. The Morgan fingerprint density at radius 1 is 1.57 bits per heavy atom. The van der Waals surface area contributed by atoms with Crippen LogP contribution in [0.15, 0.2) is 0 Å². The Bertz CT molecular complexity index is 112. The van der Waals surface area contributed by atoms with Gasteiger partial charge in [-0.3, -0.25) is 0 Å². The van der Waals surface area contributed by atoms with E-state index in [9.17, 15) is 0 Å². The van der Waals surface area contributed by atoms with Crippen LogP contribution in [0.4, 0.5) is 0 Å². The molecule has 7 heteroatoms. The van der Waals surface area contributed by atoms with Gasteiger partial charge in [0, 0.05) is 0 Å². The Hall–Kier alpha value is 0.739. The van der Waals surface area contributed by atoms with Crippen LogP contribution in [0, 0.1) is 0 Å². The summed E-state index contributed by atoms with van der Waals surface area (Å²) in [6.07, 6.45) is 0. The molecule has 0 amide bonds. The average molecular weight is 183 g/mol. The van der Waals surface area contributed by atoms with Crippen molar-refractivity contribution in [3.8, 4) is 0 Å². The third-order valence-corrected chi connectivity index (χ3v) is 0.750. The van der Waals surface area contributed by atoms with Crippen LogP contribution in [0.25, 0.3) is 0 Å². The molecule has 0 aromatic carbocycles. The van der Waals surface area contributed by atoms with E-state index in [2.05, 4.69) is 16.5 Å². The van der Waals surface area contributed by atoms with Gasteiger partial charge in [-0.2, -0.15) is 0 Å². The van der Waals surface area contributed by atoms with E-state index >= 15 is 0 Å². The van der Waals surface area contributed by atoms with Crippen LogP contribution in [0.5, 0.6) is 0 Å². The molecule has 43 valence electrons. The van der Waals surface area contributed by atoms with Crippen LogP contribution >= 0.6 is 0 Å². The van der Waals surface area contributed by atoms with Gasteiger partial charge in [-0.15, -0.1) is 0 Å². The molecule has 0 heterocycles. The van der Waals surface area contributed by atoms with Crippen molar-refractivity contribution in [2.75, 3.05) is 0 Å². The van der Waals surface area contributed by atoms with Crippen molar-refractivity contribution in [2.45, 2.75) is 0 Å². The van der Waals surface area contributed by atoms with Gasteiger partial charge in [0.1, 0.15) is 0 Å². The summed E-state index contributed by atoms with van der Waals surface area (Å²) in [5.74, 6) is 0. The molecule has 0 saturated heterocycles. The first-order chi connectivity index (χ1) is 2.56. The van der Waals surface area contributed by atoms with Crippen molar-refractivity contribution < 1.29 is 33.7 Å². The van der Waals surface area contributed by atoms with Crippen LogP contribution in [-0.4, -0.2) is 13.0 Å². The monoisotopic (exact) mass is 183 g/mol. The molecule has 0 unspecified atom stereocenters. The summed E-state index contributed by atoms with van der Waals surface area (Å²) in [5, 5.41) is 0. The fraction of sp³-hybridized carbons (Fsp3) is 0. The predicted molar refractivity (Wildman–Crippen MR) is 18.1 cm³/mol. The number of rotatable bonds is 1. The zero-order chi connectivity index (χ0) is 5.21. The molecule has 0 aromatic rings. The summed E-state index contributed by atoms with van der Waals surface area (Å²) in [4.78, 5) is 0. The molecule has 0 aromatic heterocycles. The molecule has 0 atom stereocenters. The van der Waals surface area contributed by atoms with Gasteiger partial charge in [-0.1, -0.05) is 0 Å². The maximum Gasteiger partial charge on any atom is 2.00 e. The molecule has 4 nitrogen and oxygen atoms in total. The van der Waals surface area contributed by atoms with E-state index < -0.39 is 10.4 Å². The molecule has 0 rings (SSSR count). The Kier molecular flexibility index (Phi) is 5.65. The minimum absolute atomic E-state index is 0. The van der Waals surface area contributed by atoms with E-state index in [0.29, 0.717) is 0 Å². The number of hydrogen-bond donors (Lipinski definition) is 0. The van der Waals surface area contributed by atoms with Gasteiger partial charge in [0.2, 0.25) is 0 Å². The quantitative estimate of drug-likeness (QED) is 0.224. The number of hydrogen-bond acceptors (Lipinski definition) is 5. The van der Waals surface area contributed by atoms with Crippen LogP contribution in [0.3, 0.4) is 0 Å². The van der Waals surface area contributed by atoms with Crippen LogP contribution < -0.4 is 0 Å². The Balaban J connectivity index is 0. The van der Waals surface area contributed by atoms with Gasteiger partial charge in [-0.05, 0) is 0 Å². The second-order valence-corrected chi connectivity index (χ2v) is 1.84. The molecule has 1 radical (unpaired) electrons. The van der Waals surface area contributed by atoms with Gasteiger partial charge < -0.3 is 21.1 Å². The van der Waals surface area contributed by atoms with Crippen molar-refractivity contribution in [1.29, 1.82) is 0 Å². The largest absolute Gasteiger partial charge is 2.00 e. The van der Waals surface area contributed by atoms with Crippen LogP contribution in [0.2, 0.25) is 0 Å². The molecular weight excluding hydrogens is 183 g/mol. The second kappa shape index (κ2) is 3.71. The molecule has 0 saturated carbocycles.